The minimum absolute atomic E-state index is 0.464. The summed E-state index contributed by atoms with van der Waals surface area (Å²) < 4.78 is 7.99. The van der Waals surface area contributed by atoms with E-state index in [1.807, 2.05) is 0 Å². The van der Waals surface area contributed by atoms with Gasteiger partial charge < -0.3 is 9.30 Å². The number of hydrogen-bond acceptors (Lipinski definition) is 2. The summed E-state index contributed by atoms with van der Waals surface area (Å²) in [4.78, 5) is 4.71. The number of para-hydroxylation sites is 2. The summed E-state index contributed by atoms with van der Waals surface area (Å²) >= 11 is 0. The maximum Gasteiger partial charge on any atom is 0.109 e. The van der Waals surface area contributed by atoms with E-state index in [-0.39, 0.29) is 0 Å². The highest BCUT2D eigenvalue weighted by Crippen LogP contribution is 2.26. The largest absolute Gasteiger partial charge is 0.379 e. The van der Waals surface area contributed by atoms with E-state index >= 15 is 0 Å². The third kappa shape index (κ3) is 1.84. The molecule has 0 spiro atoms. The first-order valence-electron chi connectivity index (χ1n) is 6.43. The first kappa shape index (κ1) is 10.8. The molecule has 1 aromatic carbocycles. The Labute approximate surface area is 101 Å². The van der Waals surface area contributed by atoms with Crippen LogP contribution in [0, 0.1) is 0 Å². The number of fused-ring (bicyclic) bond motifs is 1. The lowest BCUT2D eigenvalue weighted by atomic mass is 10.1. The summed E-state index contributed by atoms with van der Waals surface area (Å²) in [6, 6.07) is 8.86. The van der Waals surface area contributed by atoms with Crippen molar-refractivity contribution < 1.29 is 4.74 Å². The molecular formula is C14H18N2O. The Morgan fingerprint density at radius 2 is 2.29 bits per heavy atom. The molecule has 1 saturated heterocycles. The summed E-state index contributed by atoms with van der Waals surface area (Å²) in [7, 11) is 0. The van der Waals surface area contributed by atoms with Gasteiger partial charge in [-0.1, -0.05) is 19.1 Å². The fourth-order valence-electron chi connectivity index (χ4n) is 2.68. The second kappa shape index (κ2) is 4.49. The molecule has 1 atom stereocenters. The van der Waals surface area contributed by atoms with E-state index < -0.39 is 0 Å². The van der Waals surface area contributed by atoms with Crippen LogP contribution in [0.2, 0.25) is 0 Å². The van der Waals surface area contributed by atoms with Crippen molar-refractivity contribution in [1.82, 2.24) is 9.55 Å². The summed E-state index contributed by atoms with van der Waals surface area (Å²) in [5, 5.41) is 0. The van der Waals surface area contributed by atoms with Crippen LogP contribution >= 0.6 is 0 Å². The number of hydrogen-bond donors (Lipinski definition) is 0. The number of benzene rings is 1. The normalized spacial score (nSPS) is 20.9. The van der Waals surface area contributed by atoms with Gasteiger partial charge in [0.05, 0.1) is 23.7 Å². The molecule has 0 radical (unpaired) electrons. The molecule has 17 heavy (non-hydrogen) atoms. The average Bonchev–Trinajstić information content (AvgIpc) is 2.78. The van der Waals surface area contributed by atoms with Crippen LogP contribution < -0.4 is 0 Å². The molecular weight excluding hydrogens is 212 g/mol. The van der Waals surface area contributed by atoms with Crippen LogP contribution in [0.25, 0.3) is 11.0 Å². The van der Waals surface area contributed by atoms with Crippen molar-refractivity contribution in [2.24, 2.45) is 0 Å². The number of imidazole rings is 1. The van der Waals surface area contributed by atoms with E-state index in [4.69, 9.17) is 9.72 Å². The highest BCUT2D eigenvalue weighted by atomic mass is 16.5. The number of ether oxygens (including phenoxy) is 1. The van der Waals surface area contributed by atoms with Gasteiger partial charge in [-0.3, -0.25) is 0 Å². The highest BCUT2D eigenvalue weighted by molar-refractivity contribution is 5.76. The Morgan fingerprint density at radius 1 is 1.41 bits per heavy atom. The van der Waals surface area contributed by atoms with Crippen molar-refractivity contribution in [2.45, 2.75) is 32.2 Å². The van der Waals surface area contributed by atoms with Crippen molar-refractivity contribution in [3.63, 3.8) is 0 Å². The zero-order valence-electron chi connectivity index (χ0n) is 10.2. The third-order valence-corrected chi connectivity index (χ3v) is 3.49. The number of aromatic nitrogens is 2. The summed E-state index contributed by atoms with van der Waals surface area (Å²) in [6.45, 7) is 3.90. The topological polar surface area (TPSA) is 27.1 Å². The maximum atomic E-state index is 5.61. The smallest absolute Gasteiger partial charge is 0.109 e. The fraction of sp³-hybridized carbons (Fsp3) is 0.500. The molecule has 0 unspecified atom stereocenters. The molecule has 0 saturated carbocycles. The predicted molar refractivity (Wildman–Crippen MR) is 68.2 cm³/mol. The minimum atomic E-state index is 0.464. The van der Waals surface area contributed by atoms with Crippen molar-refractivity contribution in [3.8, 4) is 0 Å². The zero-order valence-corrected chi connectivity index (χ0v) is 10.2. The average molecular weight is 230 g/mol. The molecule has 3 nitrogen and oxygen atoms in total. The van der Waals surface area contributed by atoms with E-state index in [0.717, 1.165) is 31.6 Å². The van der Waals surface area contributed by atoms with Crippen molar-refractivity contribution in [2.75, 3.05) is 13.2 Å². The second-order valence-corrected chi connectivity index (χ2v) is 4.61. The van der Waals surface area contributed by atoms with Crippen molar-refractivity contribution in [1.29, 1.82) is 0 Å². The number of nitrogens with zero attached hydrogens (tertiary/aromatic N) is 2. The van der Waals surface area contributed by atoms with Crippen LogP contribution in [0.4, 0.5) is 0 Å². The number of rotatable bonds is 2. The SMILES string of the molecule is CCc1nc2ccccc2n1[C@H]1CCCOC1. The molecule has 1 aliphatic heterocycles. The van der Waals surface area contributed by atoms with Crippen LogP contribution in [-0.2, 0) is 11.2 Å². The molecule has 0 bridgehead atoms. The molecule has 3 rings (SSSR count). The van der Waals surface area contributed by atoms with Gasteiger partial charge in [-0.2, -0.15) is 0 Å². The summed E-state index contributed by atoms with van der Waals surface area (Å²) in [5.74, 6) is 1.18. The zero-order chi connectivity index (χ0) is 11.7. The second-order valence-electron chi connectivity index (χ2n) is 4.61. The Morgan fingerprint density at radius 3 is 3.06 bits per heavy atom. The van der Waals surface area contributed by atoms with Gasteiger partial charge in [0.25, 0.3) is 0 Å². The quantitative estimate of drug-likeness (QED) is 0.793. The molecule has 2 heterocycles. The lowest BCUT2D eigenvalue weighted by molar-refractivity contribution is 0.0596. The highest BCUT2D eigenvalue weighted by Gasteiger charge is 2.20. The van der Waals surface area contributed by atoms with Gasteiger partial charge in [0.2, 0.25) is 0 Å². The Balaban J connectivity index is 2.11. The van der Waals surface area contributed by atoms with Gasteiger partial charge >= 0.3 is 0 Å². The fourth-order valence-corrected chi connectivity index (χ4v) is 2.68. The van der Waals surface area contributed by atoms with Gasteiger partial charge in [-0.25, -0.2) is 4.98 Å². The lowest BCUT2D eigenvalue weighted by Gasteiger charge is -2.25. The lowest BCUT2D eigenvalue weighted by Crippen LogP contribution is -2.22. The Bertz CT molecular complexity index is 512. The first-order valence-corrected chi connectivity index (χ1v) is 6.43. The number of aryl methyl sites for hydroxylation is 1. The van der Waals surface area contributed by atoms with Gasteiger partial charge in [-0.15, -0.1) is 0 Å². The standard InChI is InChI=1S/C14H18N2O/c1-2-14-15-12-7-3-4-8-13(12)16(14)11-6-5-9-17-10-11/h3-4,7-8,11H,2,5-6,9-10H2,1H3/t11-/m0/s1. The minimum Gasteiger partial charge on any atom is -0.379 e. The third-order valence-electron chi connectivity index (χ3n) is 3.49. The van der Waals surface area contributed by atoms with Crippen LogP contribution in [0.15, 0.2) is 24.3 Å². The van der Waals surface area contributed by atoms with Gasteiger partial charge in [0.1, 0.15) is 5.82 Å². The molecule has 1 aromatic heterocycles. The molecule has 90 valence electrons. The Hall–Kier alpha value is -1.35. The molecule has 0 aliphatic carbocycles. The van der Waals surface area contributed by atoms with Gasteiger partial charge in [0.15, 0.2) is 0 Å². The van der Waals surface area contributed by atoms with E-state index in [1.54, 1.807) is 0 Å². The van der Waals surface area contributed by atoms with E-state index in [9.17, 15) is 0 Å². The van der Waals surface area contributed by atoms with Crippen LogP contribution in [0.3, 0.4) is 0 Å². The molecule has 2 aromatic rings. The molecule has 3 heteroatoms. The molecule has 1 aliphatic rings. The molecule has 0 amide bonds. The Kier molecular flexibility index (Phi) is 2.85. The van der Waals surface area contributed by atoms with E-state index in [2.05, 4.69) is 35.8 Å². The van der Waals surface area contributed by atoms with Crippen LogP contribution in [0.1, 0.15) is 31.6 Å². The van der Waals surface area contributed by atoms with Gasteiger partial charge in [0, 0.05) is 13.0 Å². The van der Waals surface area contributed by atoms with E-state index in [0.29, 0.717) is 6.04 Å². The van der Waals surface area contributed by atoms with Crippen molar-refractivity contribution >= 4 is 11.0 Å². The maximum absolute atomic E-state index is 5.61. The summed E-state index contributed by atoms with van der Waals surface area (Å²) in [5.41, 5.74) is 2.36. The predicted octanol–water partition coefficient (Wildman–Crippen LogP) is 2.95. The molecule has 0 N–H and O–H groups in total. The monoisotopic (exact) mass is 230 g/mol. The van der Waals surface area contributed by atoms with Crippen LogP contribution in [-0.4, -0.2) is 22.8 Å². The van der Waals surface area contributed by atoms with E-state index in [1.165, 1.54) is 17.8 Å². The van der Waals surface area contributed by atoms with Gasteiger partial charge in [-0.05, 0) is 25.0 Å². The summed E-state index contributed by atoms with van der Waals surface area (Å²) in [6.07, 6.45) is 3.33. The van der Waals surface area contributed by atoms with Crippen molar-refractivity contribution in [3.05, 3.63) is 30.1 Å². The molecule has 1 fully saturated rings. The van der Waals surface area contributed by atoms with Crippen LogP contribution in [0.5, 0.6) is 0 Å². The first-order chi connectivity index (χ1) is 8.40.